The van der Waals surface area contributed by atoms with E-state index in [-0.39, 0.29) is 5.92 Å². The molecule has 3 unspecified atom stereocenters. The van der Waals surface area contributed by atoms with Crippen molar-refractivity contribution in [3.63, 3.8) is 0 Å². The largest absolute Gasteiger partial charge is 0.223 e. The lowest BCUT2D eigenvalue weighted by atomic mass is 9.81. The van der Waals surface area contributed by atoms with Crippen molar-refractivity contribution in [2.75, 3.05) is 0 Å². The zero-order valence-corrected chi connectivity index (χ0v) is 12.5. The van der Waals surface area contributed by atoms with Crippen molar-refractivity contribution < 1.29 is 17.2 Å². The molecule has 1 saturated carbocycles. The highest BCUT2D eigenvalue weighted by Crippen LogP contribution is 2.37. The van der Waals surface area contributed by atoms with Gasteiger partial charge in [-0.2, -0.15) is 5.26 Å². The molecule has 1 aliphatic rings. The van der Waals surface area contributed by atoms with Crippen LogP contribution in [0.2, 0.25) is 0 Å². The molecule has 1 aromatic rings. The van der Waals surface area contributed by atoms with Crippen LogP contribution in [-0.4, -0.2) is 13.7 Å². The van der Waals surface area contributed by atoms with Gasteiger partial charge in [0.1, 0.15) is 16.5 Å². The first-order valence-corrected chi connectivity index (χ1v) is 8.53. The number of rotatable bonds is 3. The van der Waals surface area contributed by atoms with E-state index in [1.54, 1.807) is 0 Å². The summed E-state index contributed by atoms with van der Waals surface area (Å²) in [6.45, 7) is 1.97. The second kappa shape index (κ2) is 6.10. The molecular weight excluding hydrogens is 296 g/mol. The molecule has 114 valence electrons. The Morgan fingerprint density at radius 2 is 2.05 bits per heavy atom. The molecule has 6 heteroatoms. The van der Waals surface area contributed by atoms with Crippen LogP contribution in [0.15, 0.2) is 23.1 Å². The van der Waals surface area contributed by atoms with Crippen molar-refractivity contribution in [1.29, 1.82) is 5.26 Å². The van der Waals surface area contributed by atoms with Gasteiger partial charge in [-0.1, -0.05) is 13.3 Å². The van der Waals surface area contributed by atoms with Crippen LogP contribution in [0.1, 0.15) is 32.6 Å². The van der Waals surface area contributed by atoms with Crippen molar-refractivity contribution in [2.24, 2.45) is 11.8 Å². The van der Waals surface area contributed by atoms with Gasteiger partial charge in [-0.05, 0) is 37.3 Å². The highest BCUT2D eigenvalue weighted by Gasteiger charge is 2.40. The molecule has 0 spiro atoms. The number of sulfone groups is 1. The van der Waals surface area contributed by atoms with E-state index in [9.17, 15) is 22.5 Å². The summed E-state index contributed by atoms with van der Waals surface area (Å²) in [5, 5.41) is 8.26. The maximum Gasteiger partial charge on any atom is 0.185 e. The monoisotopic (exact) mass is 313 g/mol. The Morgan fingerprint density at radius 3 is 2.62 bits per heavy atom. The molecular formula is C15H17F2NO2S. The van der Waals surface area contributed by atoms with Gasteiger partial charge in [0, 0.05) is 6.07 Å². The third-order valence-electron chi connectivity index (χ3n) is 4.24. The Hall–Kier alpha value is -1.48. The van der Waals surface area contributed by atoms with Crippen LogP contribution in [0.25, 0.3) is 0 Å². The number of nitrogens with zero attached hydrogens (tertiary/aromatic N) is 1. The first-order chi connectivity index (χ1) is 9.90. The maximum atomic E-state index is 13.8. The summed E-state index contributed by atoms with van der Waals surface area (Å²) >= 11 is 0. The molecule has 0 bridgehead atoms. The molecule has 0 aromatic heterocycles. The number of hydrogen-bond donors (Lipinski definition) is 0. The van der Waals surface area contributed by atoms with Crippen LogP contribution in [0.3, 0.4) is 0 Å². The van der Waals surface area contributed by atoms with Crippen molar-refractivity contribution in [1.82, 2.24) is 0 Å². The van der Waals surface area contributed by atoms with Crippen molar-refractivity contribution >= 4 is 9.84 Å². The third-order valence-corrected chi connectivity index (χ3v) is 6.50. The van der Waals surface area contributed by atoms with E-state index in [1.165, 1.54) is 0 Å². The van der Waals surface area contributed by atoms with Gasteiger partial charge in [0.25, 0.3) is 0 Å². The zero-order chi connectivity index (χ0) is 15.6. The molecule has 0 amide bonds. The van der Waals surface area contributed by atoms with Gasteiger partial charge in [-0.3, -0.25) is 0 Å². The van der Waals surface area contributed by atoms with E-state index in [2.05, 4.69) is 0 Å². The van der Waals surface area contributed by atoms with Crippen molar-refractivity contribution in [3.05, 3.63) is 29.8 Å². The minimum Gasteiger partial charge on any atom is -0.223 e. The smallest absolute Gasteiger partial charge is 0.185 e. The topological polar surface area (TPSA) is 57.9 Å². The molecule has 0 radical (unpaired) electrons. The molecule has 3 atom stereocenters. The summed E-state index contributed by atoms with van der Waals surface area (Å²) in [4.78, 5) is -0.508. The van der Waals surface area contributed by atoms with Crippen molar-refractivity contribution in [2.45, 2.75) is 42.8 Å². The lowest BCUT2D eigenvalue weighted by Gasteiger charge is -2.31. The van der Waals surface area contributed by atoms with Crippen LogP contribution in [-0.2, 0) is 9.84 Å². The summed E-state index contributed by atoms with van der Waals surface area (Å²) in [6.07, 6.45) is 2.50. The lowest BCUT2D eigenvalue weighted by Crippen LogP contribution is -2.36. The Kier molecular flexibility index (Phi) is 4.62. The van der Waals surface area contributed by atoms with E-state index >= 15 is 0 Å². The Bertz CT molecular complexity index is 667. The van der Waals surface area contributed by atoms with Gasteiger partial charge in [-0.15, -0.1) is 0 Å². The molecule has 1 fully saturated rings. The van der Waals surface area contributed by atoms with E-state index in [0.29, 0.717) is 18.9 Å². The predicted octanol–water partition coefficient (Wildman–Crippen LogP) is 3.46. The number of benzene rings is 1. The first-order valence-electron chi connectivity index (χ1n) is 6.98. The molecule has 0 N–H and O–H groups in total. The van der Waals surface area contributed by atoms with E-state index < -0.39 is 37.5 Å². The van der Waals surface area contributed by atoms with E-state index in [0.717, 1.165) is 25.0 Å². The molecule has 0 aliphatic heterocycles. The Morgan fingerprint density at radius 1 is 1.33 bits per heavy atom. The lowest BCUT2D eigenvalue weighted by molar-refractivity contribution is 0.308. The van der Waals surface area contributed by atoms with Crippen LogP contribution >= 0.6 is 0 Å². The minimum absolute atomic E-state index is 0.220. The molecule has 0 saturated heterocycles. The summed E-state index contributed by atoms with van der Waals surface area (Å²) in [6, 6.07) is 4.47. The van der Waals surface area contributed by atoms with Crippen LogP contribution in [0.4, 0.5) is 8.78 Å². The zero-order valence-electron chi connectivity index (χ0n) is 11.7. The normalized spacial score (nSPS) is 26.3. The van der Waals surface area contributed by atoms with Crippen molar-refractivity contribution in [3.8, 4) is 6.07 Å². The third kappa shape index (κ3) is 3.08. The van der Waals surface area contributed by atoms with Gasteiger partial charge >= 0.3 is 0 Å². The number of hydrogen-bond acceptors (Lipinski definition) is 3. The number of halogens is 2. The van der Waals surface area contributed by atoms with E-state index in [4.69, 9.17) is 0 Å². The molecule has 3 nitrogen and oxygen atoms in total. The molecule has 1 aliphatic carbocycles. The first kappa shape index (κ1) is 15.9. The van der Waals surface area contributed by atoms with Gasteiger partial charge in [0.05, 0.1) is 17.2 Å². The molecule has 2 rings (SSSR count). The highest BCUT2D eigenvalue weighted by molar-refractivity contribution is 7.92. The average Bonchev–Trinajstić information content (AvgIpc) is 2.46. The Labute approximate surface area is 123 Å². The molecule has 1 aromatic carbocycles. The molecule has 0 heterocycles. The predicted molar refractivity (Wildman–Crippen MR) is 74.1 cm³/mol. The van der Waals surface area contributed by atoms with Crippen LogP contribution in [0, 0.1) is 34.8 Å². The van der Waals surface area contributed by atoms with Crippen LogP contribution < -0.4 is 0 Å². The fraction of sp³-hybridized carbons (Fsp3) is 0.533. The Balaban J connectivity index is 2.43. The fourth-order valence-corrected chi connectivity index (χ4v) is 5.01. The number of nitriles is 1. The van der Waals surface area contributed by atoms with Crippen LogP contribution in [0.5, 0.6) is 0 Å². The average molecular weight is 313 g/mol. The summed E-state index contributed by atoms with van der Waals surface area (Å²) < 4.78 is 52.0. The van der Waals surface area contributed by atoms with Gasteiger partial charge < -0.3 is 0 Å². The standard InChI is InChI=1S/C15H17F2NO2S/c1-2-10-3-4-11(9-18)15(7-10)21(19,20)14-6-5-12(16)8-13(14)17/h5-6,8,10-11,15H,2-4,7H2,1H3. The SMILES string of the molecule is CCC1CCC(C#N)C(S(=O)(=O)c2ccc(F)cc2F)C1. The van der Waals surface area contributed by atoms with Gasteiger partial charge in [0.2, 0.25) is 0 Å². The highest BCUT2D eigenvalue weighted by atomic mass is 32.2. The summed E-state index contributed by atoms with van der Waals surface area (Å²) in [5.74, 6) is -2.33. The van der Waals surface area contributed by atoms with E-state index in [1.807, 2.05) is 13.0 Å². The van der Waals surface area contributed by atoms with Gasteiger partial charge in [0.15, 0.2) is 9.84 Å². The fourth-order valence-electron chi connectivity index (χ4n) is 2.94. The summed E-state index contributed by atoms with van der Waals surface area (Å²) in [5.41, 5.74) is 0. The quantitative estimate of drug-likeness (QED) is 0.803. The second-order valence-corrected chi connectivity index (χ2v) is 7.62. The molecule has 21 heavy (non-hydrogen) atoms. The maximum absolute atomic E-state index is 13.8. The van der Waals surface area contributed by atoms with Gasteiger partial charge in [-0.25, -0.2) is 17.2 Å². The summed E-state index contributed by atoms with van der Waals surface area (Å²) in [7, 11) is -3.98. The minimum atomic E-state index is -3.98. The second-order valence-electron chi connectivity index (χ2n) is 5.48.